The van der Waals surface area contributed by atoms with Crippen molar-refractivity contribution in [3.63, 3.8) is 0 Å². The van der Waals surface area contributed by atoms with Crippen LogP contribution in [0.15, 0.2) is 29.0 Å². The Kier molecular flexibility index (Phi) is 1.76. The predicted octanol–water partition coefficient (Wildman–Crippen LogP) is 2.50. The summed E-state index contributed by atoms with van der Waals surface area (Å²) in [6.07, 6.45) is 1.37. The van der Waals surface area contributed by atoms with Crippen molar-refractivity contribution in [2.75, 3.05) is 0 Å². The Morgan fingerprint density at radius 1 is 1.25 bits per heavy atom. The molecule has 6 heteroatoms. The highest BCUT2D eigenvalue weighted by molar-refractivity contribution is 5.79. The Morgan fingerprint density at radius 2 is 2.12 bits per heavy atom. The van der Waals surface area contributed by atoms with Crippen molar-refractivity contribution in [1.29, 1.82) is 0 Å². The molecular weight excluding hydrogens is 216 g/mol. The van der Waals surface area contributed by atoms with Gasteiger partial charge in [-0.3, -0.25) is 0 Å². The third-order valence-electron chi connectivity index (χ3n) is 2.19. The molecule has 0 fully saturated rings. The summed E-state index contributed by atoms with van der Waals surface area (Å²) in [6.45, 7) is 0. The molecular formula is C10H5F2N3O. The van der Waals surface area contributed by atoms with Crippen LogP contribution in [0.1, 0.15) is 0 Å². The van der Waals surface area contributed by atoms with Crippen LogP contribution in [-0.4, -0.2) is 15.1 Å². The highest BCUT2D eigenvalue weighted by atomic mass is 19.1. The van der Waals surface area contributed by atoms with Crippen LogP contribution < -0.4 is 0 Å². The number of nitrogens with one attached hydrogen (secondary N) is 1. The van der Waals surface area contributed by atoms with E-state index in [2.05, 4.69) is 19.6 Å². The Morgan fingerprint density at radius 3 is 2.88 bits per heavy atom. The standard InChI is InChI=1S/C10H5F2N3O/c11-5-3-6(12)9-8(4-5)13-10(14-9)7-1-2-16-15-7/h1-4H,(H,13,14). The molecule has 0 aliphatic carbocycles. The first kappa shape index (κ1) is 9.02. The van der Waals surface area contributed by atoms with Gasteiger partial charge in [0, 0.05) is 12.1 Å². The molecule has 1 aromatic carbocycles. The lowest BCUT2D eigenvalue weighted by atomic mass is 10.3. The van der Waals surface area contributed by atoms with E-state index in [-0.39, 0.29) is 11.0 Å². The normalized spacial score (nSPS) is 11.1. The van der Waals surface area contributed by atoms with Crippen molar-refractivity contribution in [2.24, 2.45) is 0 Å². The van der Waals surface area contributed by atoms with E-state index in [1.165, 1.54) is 12.3 Å². The monoisotopic (exact) mass is 221 g/mol. The summed E-state index contributed by atoms with van der Waals surface area (Å²) in [5.74, 6) is -1.02. The highest BCUT2D eigenvalue weighted by Gasteiger charge is 2.12. The van der Waals surface area contributed by atoms with E-state index in [1.807, 2.05) is 0 Å². The fraction of sp³-hybridized carbons (Fsp3) is 0. The largest absolute Gasteiger partial charge is 0.364 e. The Bertz CT molecular complexity index is 645. The van der Waals surface area contributed by atoms with Gasteiger partial charge in [-0.25, -0.2) is 13.8 Å². The van der Waals surface area contributed by atoms with Gasteiger partial charge < -0.3 is 9.51 Å². The summed E-state index contributed by atoms with van der Waals surface area (Å²) < 4.78 is 30.9. The molecule has 80 valence electrons. The Labute approximate surface area is 87.9 Å². The second kappa shape index (κ2) is 3.13. The van der Waals surface area contributed by atoms with Gasteiger partial charge in [0.2, 0.25) is 0 Å². The third kappa shape index (κ3) is 1.27. The number of halogens is 2. The van der Waals surface area contributed by atoms with Crippen molar-refractivity contribution in [2.45, 2.75) is 0 Å². The number of aromatic nitrogens is 3. The van der Waals surface area contributed by atoms with Crippen molar-refractivity contribution in [3.05, 3.63) is 36.1 Å². The van der Waals surface area contributed by atoms with Gasteiger partial charge in [0.15, 0.2) is 11.6 Å². The van der Waals surface area contributed by atoms with Crippen LogP contribution in [0, 0.1) is 11.6 Å². The molecule has 2 aromatic heterocycles. The van der Waals surface area contributed by atoms with Gasteiger partial charge >= 0.3 is 0 Å². The van der Waals surface area contributed by atoms with Gasteiger partial charge in [0.1, 0.15) is 23.3 Å². The maximum absolute atomic E-state index is 13.3. The lowest BCUT2D eigenvalue weighted by Crippen LogP contribution is -1.81. The average Bonchev–Trinajstić information content (AvgIpc) is 2.82. The number of nitrogens with zero attached hydrogens (tertiary/aromatic N) is 2. The molecule has 0 radical (unpaired) electrons. The highest BCUT2D eigenvalue weighted by Crippen LogP contribution is 2.21. The summed E-state index contributed by atoms with van der Waals surface area (Å²) in [5.41, 5.74) is 0.811. The molecule has 0 atom stereocenters. The minimum absolute atomic E-state index is 0.0828. The predicted molar refractivity (Wildman–Crippen MR) is 51.5 cm³/mol. The van der Waals surface area contributed by atoms with E-state index < -0.39 is 11.6 Å². The summed E-state index contributed by atoms with van der Waals surface area (Å²) in [5, 5.41) is 3.65. The number of benzene rings is 1. The van der Waals surface area contributed by atoms with Gasteiger partial charge in [0.25, 0.3) is 0 Å². The number of fused-ring (bicyclic) bond motifs is 1. The molecule has 3 rings (SSSR count). The fourth-order valence-electron chi connectivity index (χ4n) is 1.50. The second-order valence-corrected chi connectivity index (χ2v) is 3.25. The molecule has 0 bridgehead atoms. The molecule has 16 heavy (non-hydrogen) atoms. The van der Waals surface area contributed by atoms with Crippen molar-refractivity contribution >= 4 is 11.0 Å². The summed E-state index contributed by atoms with van der Waals surface area (Å²) >= 11 is 0. The molecule has 0 aliphatic rings. The second-order valence-electron chi connectivity index (χ2n) is 3.25. The van der Waals surface area contributed by atoms with E-state index in [0.717, 1.165) is 6.07 Å². The van der Waals surface area contributed by atoms with Crippen molar-refractivity contribution in [1.82, 2.24) is 15.1 Å². The molecule has 0 amide bonds. The lowest BCUT2D eigenvalue weighted by molar-refractivity contribution is 0.422. The van der Waals surface area contributed by atoms with Gasteiger partial charge in [-0.1, -0.05) is 5.16 Å². The van der Waals surface area contributed by atoms with E-state index in [9.17, 15) is 8.78 Å². The van der Waals surface area contributed by atoms with Crippen LogP contribution in [0.3, 0.4) is 0 Å². The van der Waals surface area contributed by atoms with E-state index in [1.54, 1.807) is 6.07 Å². The minimum Gasteiger partial charge on any atom is -0.364 e. The Hall–Kier alpha value is -2.24. The lowest BCUT2D eigenvalue weighted by Gasteiger charge is -1.90. The number of imidazole rings is 1. The number of hydrogen-bond donors (Lipinski definition) is 1. The summed E-state index contributed by atoms with van der Waals surface area (Å²) in [7, 11) is 0. The number of H-pyrrole nitrogens is 1. The fourth-order valence-corrected chi connectivity index (χ4v) is 1.50. The van der Waals surface area contributed by atoms with Crippen LogP contribution >= 0.6 is 0 Å². The molecule has 4 nitrogen and oxygen atoms in total. The maximum atomic E-state index is 13.3. The van der Waals surface area contributed by atoms with Crippen LogP contribution in [0.25, 0.3) is 22.6 Å². The quantitative estimate of drug-likeness (QED) is 0.686. The zero-order valence-corrected chi connectivity index (χ0v) is 7.87. The molecule has 2 heterocycles. The zero-order chi connectivity index (χ0) is 11.1. The SMILES string of the molecule is Fc1cc(F)c2nc(-c3ccon3)[nH]c2c1. The zero-order valence-electron chi connectivity index (χ0n) is 7.87. The first-order chi connectivity index (χ1) is 7.74. The van der Waals surface area contributed by atoms with Crippen molar-refractivity contribution < 1.29 is 13.3 Å². The first-order valence-corrected chi connectivity index (χ1v) is 4.49. The minimum atomic E-state index is -0.707. The number of hydrogen-bond acceptors (Lipinski definition) is 3. The van der Waals surface area contributed by atoms with Gasteiger partial charge in [0.05, 0.1) is 5.52 Å². The molecule has 0 unspecified atom stereocenters. The number of rotatable bonds is 1. The molecule has 0 spiro atoms. The Balaban J connectivity index is 2.27. The van der Waals surface area contributed by atoms with Crippen LogP contribution in [0.2, 0.25) is 0 Å². The first-order valence-electron chi connectivity index (χ1n) is 4.49. The van der Waals surface area contributed by atoms with Crippen LogP contribution in [-0.2, 0) is 0 Å². The van der Waals surface area contributed by atoms with E-state index in [0.29, 0.717) is 11.5 Å². The molecule has 0 aliphatic heterocycles. The molecule has 0 saturated carbocycles. The van der Waals surface area contributed by atoms with Gasteiger partial charge in [-0.2, -0.15) is 0 Å². The van der Waals surface area contributed by atoms with Crippen LogP contribution in [0.4, 0.5) is 8.78 Å². The van der Waals surface area contributed by atoms with E-state index in [4.69, 9.17) is 0 Å². The molecule has 3 aromatic rings. The topological polar surface area (TPSA) is 54.7 Å². The summed E-state index contributed by atoms with van der Waals surface area (Å²) in [4.78, 5) is 6.74. The average molecular weight is 221 g/mol. The van der Waals surface area contributed by atoms with Gasteiger partial charge in [-0.15, -0.1) is 0 Å². The van der Waals surface area contributed by atoms with Gasteiger partial charge in [-0.05, 0) is 6.07 Å². The van der Waals surface area contributed by atoms with Crippen molar-refractivity contribution in [3.8, 4) is 11.5 Å². The summed E-state index contributed by atoms with van der Waals surface area (Å²) in [6, 6.07) is 3.54. The smallest absolute Gasteiger partial charge is 0.160 e. The maximum Gasteiger partial charge on any atom is 0.160 e. The number of aromatic amines is 1. The molecule has 1 N–H and O–H groups in total. The molecule has 0 saturated heterocycles. The van der Waals surface area contributed by atoms with E-state index >= 15 is 0 Å². The van der Waals surface area contributed by atoms with Crippen LogP contribution in [0.5, 0.6) is 0 Å². The third-order valence-corrected chi connectivity index (χ3v) is 2.19.